The summed E-state index contributed by atoms with van der Waals surface area (Å²) in [6, 6.07) is 8.69. The number of hydrogen-bond acceptors (Lipinski definition) is 3. The number of carbonyl (C=O) groups is 1. The second-order valence-electron chi connectivity index (χ2n) is 8.34. The molecule has 1 spiro atoms. The smallest absolute Gasteiger partial charge is 0.239 e. The minimum Gasteiger partial charge on any atom is -0.341 e. The molecule has 25 heavy (non-hydrogen) atoms. The summed E-state index contributed by atoms with van der Waals surface area (Å²) in [6.07, 6.45) is 8.09. The molecule has 1 aromatic rings. The topological polar surface area (TPSA) is 32.3 Å². The number of aryl methyl sites for hydroxylation is 1. The molecule has 0 radical (unpaired) electrons. The molecule has 0 bridgehead atoms. The number of hydrogen-bond donors (Lipinski definition) is 1. The summed E-state index contributed by atoms with van der Waals surface area (Å²) in [6.45, 7) is 6.33. The number of nitrogens with one attached hydrogen (secondary N) is 1. The van der Waals surface area contributed by atoms with Crippen LogP contribution in [0.2, 0.25) is 0 Å². The summed E-state index contributed by atoms with van der Waals surface area (Å²) < 4.78 is -0.215. The zero-order chi connectivity index (χ0) is 17.3. The first-order valence-corrected chi connectivity index (χ1v) is 10.7. The van der Waals surface area contributed by atoms with E-state index in [2.05, 4.69) is 41.4 Å². The van der Waals surface area contributed by atoms with Gasteiger partial charge in [0.1, 0.15) is 0 Å². The van der Waals surface area contributed by atoms with Gasteiger partial charge in [-0.1, -0.05) is 30.5 Å². The van der Waals surface area contributed by atoms with Gasteiger partial charge in [-0.05, 0) is 63.1 Å². The fraction of sp³-hybridized carbons (Fsp3) is 0.667. The third-order valence-corrected chi connectivity index (χ3v) is 8.06. The second kappa shape index (κ2) is 6.96. The van der Waals surface area contributed by atoms with Crippen molar-refractivity contribution in [3.8, 4) is 0 Å². The quantitative estimate of drug-likeness (QED) is 0.886. The van der Waals surface area contributed by atoms with Crippen LogP contribution in [0.4, 0.5) is 0 Å². The summed E-state index contributed by atoms with van der Waals surface area (Å²) in [5.74, 6) is 0.413. The average molecular weight is 359 g/mol. The van der Waals surface area contributed by atoms with Crippen molar-refractivity contribution in [3.05, 3.63) is 29.8 Å². The molecule has 0 aromatic heterocycles. The lowest BCUT2D eigenvalue weighted by Gasteiger charge is -2.42. The van der Waals surface area contributed by atoms with Crippen molar-refractivity contribution in [2.24, 2.45) is 5.41 Å². The van der Waals surface area contributed by atoms with Gasteiger partial charge in [0.25, 0.3) is 0 Å². The Labute approximate surface area is 155 Å². The Kier molecular flexibility index (Phi) is 4.85. The maximum Gasteiger partial charge on any atom is 0.239 e. The van der Waals surface area contributed by atoms with Gasteiger partial charge in [0, 0.05) is 24.5 Å². The molecule has 0 unspecified atom stereocenters. The summed E-state index contributed by atoms with van der Waals surface area (Å²) in [4.78, 5) is 16.9. The lowest BCUT2D eigenvalue weighted by atomic mass is 9.77. The molecule has 4 heteroatoms. The standard InChI is InChI=1S/C21H30N2OS/c1-17-4-6-18(7-5-17)25-21(8-2-3-9-21)19(24)23-14-11-20(12-15-23)10-13-22-16-20/h4-7,22H,2-3,8-16H2,1H3. The number of rotatable bonds is 3. The molecule has 136 valence electrons. The van der Waals surface area contributed by atoms with Crippen molar-refractivity contribution < 1.29 is 4.79 Å². The van der Waals surface area contributed by atoms with Crippen LogP contribution >= 0.6 is 11.8 Å². The third kappa shape index (κ3) is 3.48. The van der Waals surface area contributed by atoms with E-state index < -0.39 is 0 Å². The first kappa shape index (κ1) is 17.4. The Morgan fingerprint density at radius 1 is 1.04 bits per heavy atom. The van der Waals surface area contributed by atoms with Gasteiger partial charge in [-0.15, -0.1) is 11.8 Å². The van der Waals surface area contributed by atoms with Crippen molar-refractivity contribution in [2.75, 3.05) is 26.2 Å². The number of piperidine rings is 1. The molecule has 2 saturated heterocycles. The van der Waals surface area contributed by atoms with Crippen LogP contribution in [0.1, 0.15) is 50.5 Å². The number of thioether (sulfide) groups is 1. The largest absolute Gasteiger partial charge is 0.341 e. The Balaban J connectivity index is 1.46. The molecule has 1 amide bonds. The minimum atomic E-state index is -0.215. The van der Waals surface area contributed by atoms with E-state index in [0.717, 1.165) is 39.0 Å². The fourth-order valence-corrected chi connectivity index (χ4v) is 6.26. The van der Waals surface area contributed by atoms with Crippen molar-refractivity contribution in [3.63, 3.8) is 0 Å². The van der Waals surface area contributed by atoms with Crippen molar-refractivity contribution >= 4 is 17.7 Å². The van der Waals surface area contributed by atoms with E-state index in [1.807, 2.05) is 11.8 Å². The maximum atomic E-state index is 13.5. The molecule has 2 heterocycles. The normalized spacial score (nSPS) is 24.8. The highest BCUT2D eigenvalue weighted by molar-refractivity contribution is 8.01. The van der Waals surface area contributed by atoms with Gasteiger partial charge in [-0.25, -0.2) is 0 Å². The Morgan fingerprint density at radius 2 is 1.72 bits per heavy atom. The minimum absolute atomic E-state index is 0.215. The van der Waals surface area contributed by atoms with Gasteiger partial charge < -0.3 is 10.2 Å². The Morgan fingerprint density at radius 3 is 2.32 bits per heavy atom. The molecular formula is C21H30N2OS. The lowest BCUT2D eigenvalue weighted by Crippen LogP contribution is -2.50. The predicted molar refractivity (Wildman–Crippen MR) is 104 cm³/mol. The van der Waals surface area contributed by atoms with Crippen LogP contribution in [0.5, 0.6) is 0 Å². The number of amides is 1. The zero-order valence-electron chi connectivity index (χ0n) is 15.4. The summed E-state index contributed by atoms with van der Waals surface area (Å²) in [5.41, 5.74) is 1.76. The molecule has 0 atom stereocenters. The molecule has 1 aliphatic carbocycles. The van der Waals surface area contributed by atoms with Gasteiger partial charge in [0.15, 0.2) is 0 Å². The van der Waals surface area contributed by atoms with Gasteiger partial charge in [0.2, 0.25) is 5.91 Å². The van der Waals surface area contributed by atoms with Crippen LogP contribution in [0, 0.1) is 12.3 Å². The highest BCUT2D eigenvalue weighted by Gasteiger charge is 2.47. The molecule has 1 saturated carbocycles. The van der Waals surface area contributed by atoms with Crippen LogP contribution in [0.25, 0.3) is 0 Å². The molecule has 4 rings (SSSR count). The first-order valence-electron chi connectivity index (χ1n) is 9.87. The number of nitrogens with zero attached hydrogens (tertiary/aromatic N) is 1. The molecule has 3 aliphatic rings. The van der Waals surface area contributed by atoms with Gasteiger partial charge >= 0.3 is 0 Å². The van der Waals surface area contributed by atoms with Crippen LogP contribution in [0.3, 0.4) is 0 Å². The Hall–Kier alpha value is -1.00. The number of likely N-dealkylation sites (tertiary alicyclic amines) is 1. The summed E-state index contributed by atoms with van der Waals surface area (Å²) in [5, 5.41) is 3.52. The molecule has 1 N–H and O–H groups in total. The Bertz CT molecular complexity index is 605. The van der Waals surface area contributed by atoms with E-state index in [1.54, 1.807) is 0 Å². The van der Waals surface area contributed by atoms with Gasteiger partial charge in [-0.3, -0.25) is 4.79 Å². The van der Waals surface area contributed by atoms with Crippen molar-refractivity contribution in [2.45, 2.75) is 61.5 Å². The SMILES string of the molecule is Cc1ccc(SC2(C(=O)N3CCC4(CCNC4)CC3)CCCC2)cc1. The van der Waals surface area contributed by atoms with E-state index >= 15 is 0 Å². The summed E-state index contributed by atoms with van der Waals surface area (Å²) in [7, 11) is 0. The monoisotopic (exact) mass is 358 g/mol. The first-order chi connectivity index (χ1) is 12.1. The van der Waals surface area contributed by atoms with E-state index in [1.165, 1.54) is 42.6 Å². The number of carbonyl (C=O) groups excluding carboxylic acids is 1. The maximum absolute atomic E-state index is 13.5. The van der Waals surface area contributed by atoms with E-state index in [9.17, 15) is 4.79 Å². The zero-order valence-corrected chi connectivity index (χ0v) is 16.2. The van der Waals surface area contributed by atoms with Crippen LogP contribution in [-0.4, -0.2) is 41.7 Å². The third-order valence-electron chi connectivity index (χ3n) is 6.58. The van der Waals surface area contributed by atoms with Crippen molar-refractivity contribution in [1.29, 1.82) is 0 Å². The van der Waals surface area contributed by atoms with E-state index in [4.69, 9.17) is 0 Å². The van der Waals surface area contributed by atoms with Gasteiger partial charge in [-0.2, -0.15) is 0 Å². The molecule has 2 aliphatic heterocycles. The average Bonchev–Trinajstić information content (AvgIpc) is 3.28. The van der Waals surface area contributed by atoms with Crippen LogP contribution in [-0.2, 0) is 4.79 Å². The molecular weight excluding hydrogens is 328 g/mol. The van der Waals surface area contributed by atoms with E-state index in [0.29, 0.717) is 11.3 Å². The molecule has 1 aromatic carbocycles. The lowest BCUT2D eigenvalue weighted by molar-refractivity contribution is -0.135. The van der Waals surface area contributed by atoms with Gasteiger partial charge in [0.05, 0.1) is 4.75 Å². The number of benzene rings is 1. The fourth-order valence-electron chi connectivity index (χ4n) is 4.83. The second-order valence-corrected chi connectivity index (χ2v) is 9.79. The van der Waals surface area contributed by atoms with Crippen LogP contribution < -0.4 is 5.32 Å². The predicted octanol–water partition coefficient (Wildman–Crippen LogP) is 4.00. The van der Waals surface area contributed by atoms with E-state index in [-0.39, 0.29) is 4.75 Å². The van der Waals surface area contributed by atoms with Crippen molar-refractivity contribution in [1.82, 2.24) is 10.2 Å². The van der Waals surface area contributed by atoms with Crippen LogP contribution in [0.15, 0.2) is 29.2 Å². The highest BCUT2D eigenvalue weighted by Crippen LogP contribution is 2.47. The molecule has 3 nitrogen and oxygen atoms in total. The summed E-state index contributed by atoms with van der Waals surface area (Å²) >= 11 is 1.83. The molecule has 3 fully saturated rings. The highest BCUT2D eigenvalue weighted by atomic mass is 32.2.